The minimum atomic E-state index is -0.0511. The van der Waals surface area contributed by atoms with Crippen LogP contribution in [0.15, 0.2) is 53.9 Å². The Hall–Kier alpha value is -2.86. The number of rotatable bonds is 8. The van der Waals surface area contributed by atoms with Gasteiger partial charge >= 0.3 is 0 Å². The fraction of sp³-hybridized carbons (Fsp3) is 0.238. The summed E-state index contributed by atoms with van der Waals surface area (Å²) >= 11 is 1.41. The van der Waals surface area contributed by atoms with Gasteiger partial charge in [-0.05, 0) is 43.2 Å². The SMILES string of the molecule is CCOc1ccc(CCC(=O)Nc2nc(-c3ccccc3OC)cs2)cc1. The van der Waals surface area contributed by atoms with Crippen molar-refractivity contribution in [1.82, 2.24) is 4.98 Å². The van der Waals surface area contributed by atoms with Gasteiger partial charge in [-0.3, -0.25) is 4.79 Å². The molecule has 0 aliphatic heterocycles. The quantitative estimate of drug-likeness (QED) is 0.609. The minimum Gasteiger partial charge on any atom is -0.496 e. The number of carbonyl (C=O) groups excluding carboxylic acids is 1. The zero-order valence-corrected chi connectivity index (χ0v) is 16.2. The molecule has 0 fully saturated rings. The van der Waals surface area contributed by atoms with E-state index in [1.807, 2.05) is 60.8 Å². The van der Waals surface area contributed by atoms with Crippen LogP contribution in [-0.4, -0.2) is 24.6 Å². The van der Waals surface area contributed by atoms with Crippen LogP contribution in [0.25, 0.3) is 11.3 Å². The van der Waals surface area contributed by atoms with Crippen molar-refractivity contribution in [2.24, 2.45) is 0 Å². The number of amides is 1. The van der Waals surface area contributed by atoms with E-state index in [1.54, 1.807) is 7.11 Å². The van der Waals surface area contributed by atoms with Crippen molar-refractivity contribution in [3.05, 3.63) is 59.5 Å². The van der Waals surface area contributed by atoms with Gasteiger partial charge in [0.2, 0.25) is 5.91 Å². The second-order valence-electron chi connectivity index (χ2n) is 5.86. The first-order valence-electron chi connectivity index (χ1n) is 8.80. The highest BCUT2D eigenvalue weighted by Gasteiger charge is 2.11. The van der Waals surface area contributed by atoms with Crippen LogP contribution in [0, 0.1) is 0 Å². The van der Waals surface area contributed by atoms with E-state index in [0.29, 0.717) is 24.6 Å². The number of anilines is 1. The lowest BCUT2D eigenvalue weighted by Gasteiger charge is -2.06. The molecule has 6 heteroatoms. The summed E-state index contributed by atoms with van der Waals surface area (Å²) in [4.78, 5) is 16.7. The van der Waals surface area contributed by atoms with Gasteiger partial charge in [0.15, 0.2) is 5.13 Å². The van der Waals surface area contributed by atoms with E-state index in [-0.39, 0.29) is 5.91 Å². The third-order valence-corrected chi connectivity index (χ3v) is 4.77. The third-order valence-electron chi connectivity index (χ3n) is 4.01. The van der Waals surface area contributed by atoms with Crippen molar-refractivity contribution in [3.8, 4) is 22.8 Å². The lowest BCUT2D eigenvalue weighted by molar-refractivity contribution is -0.116. The summed E-state index contributed by atoms with van der Waals surface area (Å²) in [5.41, 5.74) is 2.80. The Kier molecular flexibility index (Phi) is 6.44. The maximum absolute atomic E-state index is 12.2. The van der Waals surface area contributed by atoms with Crippen molar-refractivity contribution in [1.29, 1.82) is 0 Å². The number of aryl methyl sites for hydroxylation is 1. The summed E-state index contributed by atoms with van der Waals surface area (Å²) < 4.78 is 10.8. The fourth-order valence-electron chi connectivity index (χ4n) is 2.67. The molecule has 1 aromatic heterocycles. The number of benzene rings is 2. The largest absolute Gasteiger partial charge is 0.496 e. The van der Waals surface area contributed by atoms with Gasteiger partial charge in [0.25, 0.3) is 0 Å². The molecule has 0 aliphatic rings. The van der Waals surface area contributed by atoms with Crippen LogP contribution in [0.5, 0.6) is 11.5 Å². The number of para-hydroxylation sites is 1. The highest BCUT2D eigenvalue weighted by molar-refractivity contribution is 7.14. The molecule has 0 radical (unpaired) electrons. The van der Waals surface area contributed by atoms with Gasteiger partial charge in [-0.15, -0.1) is 11.3 Å². The van der Waals surface area contributed by atoms with Crippen LogP contribution in [0.1, 0.15) is 18.9 Å². The van der Waals surface area contributed by atoms with Crippen LogP contribution in [0.3, 0.4) is 0 Å². The number of nitrogens with zero attached hydrogens (tertiary/aromatic N) is 1. The molecule has 0 saturated heterocycles. The standard InChI is InChI=1S/C21H22N2O3S/c1-3-26-16-11-8-15(9-12-16)10-13-20(24)23-21-22-18(14-27-21)17-6-4-5-7-19(17)25-2/h4-9,11-12,14H,3,10,13H2,1-2H3,(H,22,23,24). The van der Waals surface area contributed by atoms with Crippen LogP contribution in [0.2, 0.25) is 0 Å². The molecule has 0 atom stereocenters. The number of thiazole rings is 1. The first-order valence-corrected chi connectivity index (χ1v) is 9.68. The van der Waals surface area contributed by atoms with E-state index < -0.39 is 0 Å². The predicted octanol–water partition coefficient (Wildman–Crippen LogP) is 4.79. The van der Waals surface area contributed by atoms with Crippen molar-refractivity contribution >= 4 is 22.4 Å². The topological polar surface area (TPSA) is 60.5 Å². The molecule has 2 aromatic carbocycles. The maximum atomic E-state index is 12.2. The molecule has 0 unspecified atom stereocenters. The number of methoxy groups -OCH3 is 1. The van der Waals surface area contributed by atoms with Crippen molar-refractivity contribution in [2.45, 2.75) is 19.8 Å². The third kappa shape index (κ3) is 5.08. The Morgan fingerprint density at radius 2 is 1.93 bits per heavy atom. The van der Waals surface area contributed by atoms with Crippen molar-refractivity contribution < 1.29 is 14.3 Å². The smallest absolute Gasteiger partial charge is 0.226 e. The molecule has 140 valence electrons. The van der Waals surface area contributed by atoms with E-state index in [1.165, 1.54) is 11.3 Å². The molecule has 0 spiro atoms. The van der Waals surface area contributed by atoms with Gasteiger partial charge in [0, 0.05) is 17.4 Å². The number of ether oxygens (including phenoxy) is 2. The summed E-state index contributed by atoms with van der Waals surface area (Å²) in [7, 11) is 1.63. The normalized spacial score (nSPS) is 10.4. The van der Waals surface area contributed by atoms with Gasteiger partial charge in [0.05, 0.1) is 19.4 Å². The van der Waals surface area contributed by atoms with E-state index >= 15 is 0 Å². The summed E-state index contributed by atoms with van der Waals surface area (Å²) in [6.45, 7) is 2.60. The first-order chi connectivity index (χ1) is 13.2. The Morgan fingerprint density at radius 3 is 2.67 bits per heavy atom. The van der Waals surface area contributed by atoms with E-state index in [2.05, 4.69) is 10.3 Å². The molecule has 0 saturated carbocycles. The van der Waals surface area contributed by atoms with Crippen molar-refractivity contribution in [3.63, 3.8) is 0 Å². The molecule has 1 heterocycles. The summed E-state index contributed by atoms with van der Waals surface area (Å²) in [6, 6.07) is 15.5. The molecule has 5 nitrogen and oxygen atoms in total. The molecule has 3 aromatic rings. The lowest BCUT2D eigenvalue weighted by Crippen LogP contribution is -2.12. The van der Waals surface area contributed by atoms with Crippen LogP contribution in [0.4, 0.5) is 5.13 Å². The number of hydrogen-bond donors (Lipinski definition) is 1. The highest BCUT2D eigenvalue weighted by atomic mass is 32.1. The number of nitrogens with one attached hydrogen (secondary N) is 1. The molecule has 3 rings (SSSR count). The molecule has 0 aliphatic carbocycles. The average Bonchev–Trinajstić information content (AvgIpc) is 3.16. The van der Waals surface area contributed by atoms with E-state index in [4.69, 9.17) is 9.47 Å². The molecule has 1 amide bonds. The first kappa shape index (κ1) is 18.9. The molecule has 27 heavy (non-hydrogen) atoms. The summed E-state index contributed by atoms with van der Waals surface area (Å²) in [5, 5.41) is 5.38. The second kappa shape index (κ2) is 9.19. The summed E-state index contributed by atoms with van der Waals surface area (Å²) in [6.07, 6.45) is 1.07. The number of aromatic nitrogens is 1. The van der Waals surface area contributed by atoms with Crippen molar-refractivity contribution in [2.75, 3.05) is 19.0 Å². The van der Waals surface area contributed by atoms with Crippen LogP contribution in [-0.2, 0) is 11.2 Å². The number of hydrogen-bond acceptors (Lipinski definition) is 5. The highest BCUT2D eigenvalue weighted by Crippen LogP contribution is 2.31. The Morgan fingerprint density at radius 1 is 1.15 bits per heavy atom. The molecule has 0 bridgehead atoms. The van der Waals surface area contributed by atoms with Gasteiger partial charge in [-0.25, -0.2) is 4.98 Å². The molecule has 1 N–H and O–H groups in total. The molecular formula is C21H22N2O3S. The summed E-state index contributed by atoms with van der Waals surface area (Å²) in [5.74, 6) is 1.55. The van der Waals surface area contributed by atoms with Crippen LogP contribution >= 0.6 is 11.3 Å². The van der Waals surface area contributed by atoms with Gasteiger partial charge in [-0.2, -0.15) is 0 Å². The maximum Gasteiger partial charge on any atom is 0.226 e. The van der Waals surface area contributed by atoms with Gasteiger partial charge in [0.1, 0.15) is 11.5 Å². The minimum absolute atomic E-state index is 0.0511. The van der Waals surface area contributed by atoms with Gasteiger partial charge in [-0.1, -0.05) is 24.3 Å². The lowest BCUT2D eigenvalue weighted by atomic mass is 10.1. The Labute approximate surface area is 163 Å². The van der Waals surface area contributed by atoms with E-state index in [9.17, 15) is 4.79 Å². The zero-order valence-electron chi connectivity index (χ0n) is 15.4. The van der Waals surface area contributed by atoms with Crippen LogP contribution < -0.4 is 14.8 Å². The Bertz CT molecular complexity index is 890. The average molecular weight is 382 g/mol. The fourth-order valence-corrected chi connectivity index (χ4v) is 3.40. The zero-order chi connectivity index (χ0) is 19.1. The predicted molar refractivity (Wildman–Crippen MR) is 109 cm³/mol. The number of carbonyl (C=O) groups is 1. The van der Waals surface area contributed by atoms with Gasteiger partial charge < -0.3 is 14.8 Å². The second-order valence-corrected chi connectivity index (χ2v) is 6.72. The monoisotopic (exact) mass is 382 g/mol. The Balaban J connectivity index is 1.56. The van der Waals surface area contributed by atoms with E-state index in [0.717, 1.165) is 28.3 Å². The molecular weight excluding hydrogens is 360 g/mol.